The molecular formula is C16H23N3OS. The number of aromatic nitrogens is 2. The van der Waals surface area contributed by atoms with E-state index in [2.05, 4.69) is 54.3 Å². The van der Waals surface area contributed by atoms with E-state index in [-0.39, 0.29) is 0 Å². The Morgan fingerprint density at radius 2 is 2.19 bits per heavy atom. The maximum atomic E-state index is 12.3. The summed E-state index contributed by atoms with van der Waals surface area (Å²) in [6.07, 6.45) is 4.45. The Morgan fingerprint density at radius 1 is 1.38 bits per heavy atom. The molecule has 0 aliphatic carbocycles. The molecule has 1 aromatic carbocycles. The van der Waals surface area contributed by atoms with E-state index in [1.54, 1.807) is 12.4 Å². The molecule has 1 aromatic heterocycles. The third-order valence-electron chi connectivity index (χ3n) is 3.27. The molecule has 1 unspecified atom stereocenters. The minimum Gasteiger partial charge on any atom is -0.385 e. The molecule has 0 spiro atoms. The number of H-pyrrole nitrogens is 1. The van der Waals surface area contributed by atoms with Crippen LogP contribution in [-0.4, -0.2) is 20.7 Å². The van der Waals surface area contributed by atoms with Crippen LogP contribution in [0.1, 0.15) is 31.4 Å². The molecule has 0 saturated heterocycles. The van der Waals surface area contributed by atoms with Crippen LogP contribution in [0.5, 0.6) is 0 Å². The summed E-state index contributed by atoms with van der Waals surface area (Å²) in [5.41, 5.74) is 3.32. The molecule has 0 aliphatic rings. The van der Waals surface area contributed by atoms with Crippen LogP contribution >= 0.6 is 0 Å². The second kappa shape index (κ2) is 7.41. The van der Waals surface area contributed by atoms with Gasteiger partial charge < -0.3 is 10.3 Å². The summed E-state index contributed by atoms with van der Waals surface area (Å²) >= 11 is 0. The standard InChI is InChI=1S/C16H23N3OS/c1-12(2)6-7-17-15-5-4-13(3)10-14(15)11-21(20)16-18-8-9-19-16/h4-5,8-10,12,17H,6-7,11H2,1-3H3,(H,18,19). The first-order chi connectivity index (χ1) is 10.1. The van der Waals surface area contributed by atoms with Crippen LogP contribution in [0, 0.1) is 12.8 Å². The van der Waals surface area contributed by atoms with Crippen molar-refractivity contribution >= 4 is 16.5 Å². The first-order valence-electron chi connectivity index (χ1n) is 7.27. The summed E-state index contributed by atoms with van der Waals surface area (Å²) < 4.78 is 12.3. The largest absolute Gasteiger partial charge is 0.385 e. The van der Waals surface area contributed by atoms with Crippen LogP contribution in [0.15, 0.2) is 35.7 Å². The van der Waals surface area contributed by atoms with E-state index in [9.17, 15) is 4.21 Å². The molecule has 2 N–H and O–H groups in total. The molecule has 114 valence electrons. The normalized spacial score (nSPS) is 12.6. The number of aromatic amines is 1. The average Bonchev–Trinajstić information content (AvgIpc) is 2.95. The minimum absolute atomic E-state index is 0.471. The van der Waals surface area contributed by atoms with Gasteiger partial charge in [-0.25, -0.2) is 4.98 Å². The molecular weight excluding hydrogens is 282 g/mol. The number of aryl methyl sites for hydroxylation is 1. The highest BCUT2D eigenvalue weighted by atomic mass is 32.2. The smallest absolute Gasteiger partial charge is 0.196 e. The van der Waals surface area contributed by atoms with Crippen LogP contribution in [0.2, 0.25) is 0 Å². The first kappa shape index (κ1) is 15.8. The molecule has 1 atom stereocenters. The highest BCUT2D eigenvalue weighted by molar-refractivity contribution is 7.84. The van der Waals surface area contributed by atoms with Gasteiger partial charge in [0.1, 0.15) is 0 Å². The summed E-state index contributed by atoms with van der Waals surface area (Å²) in [6, 6.07) is 6.25. The number of anilines is 1. The van der Waals surface area contributed by atoms with E-state index >= 15 is 0 Å². The fraction of sp³-hybridized carbons (Fsp3) is 0.438. The van der Waals surface area contributed by atoms with E-state index in [1.807, 2.05) is 0 Å². The molecule has 0 radical (unpaired) electrons. The van der Waals surface area contributed by atoms with Gasteiger partial charge in [0.05, 0.1) is 16.6 Å². The predicted octanol–water partition coefficient (Wildman–Crippen LogP) is 3.48. The summed E-state index contributed by atoms with van der Waals surface area (Å²) in [7, 11) is -1.14. The molecule has 21 heavy (non-hydrogen) atoms. The van der Waals surface area contributed by atoms with Crippen molar-refractivity contribution in [1.29, 1.82) is 0 Å². The van der Waals surface area contributed by atoms with Gasteiger partial charge in [0.2, 0.25) is 0 Å². The third-order valence-corrected chi connectivity index (χ3v) is 4.50. The monoisotopic (exact) mass is 305 g/mol. The van der Waals surface area contributed by atoms with E-state index in [1.165, 1.54) is 5.56 Å². The number of nitrogens with zero attached hydrogens (tertiary/aromatic N) is 1. The van der Waals surface area contributed by atoms with Gasteiger partial charge in [-0.2, -0.15) is 0 Å². The Bertz CT molecular complexity index is 594. The minimum atomic E-state index is -1.14. The van der Waals surface area contributed by atoms with Gasteiger partial charge in [-0.1, -0.05) is 31.5 Å². The average molecular weight is 305 g/mol. The number of imidazole rings is 1. The molecule has 0 aliphatic heterocycles. The lowest BCUT2D eigenvalue weighted by atomic mass is 10.1. The van der Waals surface area contributed by atoms with Gasteiger partial charge in [-0.05, 0) is 30.9 Å². The van der Waals surface area contributed by atoms with Gasteiger partial charge in [-0.3, -0.25) is 4.21 Å². The van der Waals surface area contributed by atoms with Gasteiger partial charge in [0, 0.05) is 24.6 Å². The quantitative estimate of drug-likeness (QED) is 0.823. The van der Waals surface area contributed by atoms with E-state index < -0.39 is 10.8 Å². The molecule has 2 rings (SSSR count). The first-order valence-corrected chi connectivity index (χ1v) is 8.59. The van der Waals surface area contributed by atoms with Crippen molar-refractivity contribution in [2.24, 2.45) is 5.92 Å². The Kier molecular flexibility index (Phi) is 5.56. The lowest BCUT2D eigenvalue weighted by Gasteiger charge is -2.13. The highest BCUT2D eigenvalue weighted by Crippen LogP contribution is 2.21. The van der Waals surface area contributed by atoms with Crippen molar-refractivity contribution in [2.75, 3.05) is 11.9 Å². The van der Waals surface area contributed by atoms with Gasteiger partial charge in [-0.15, -0.1) is 0 Å². The SMILES string of the molecule is Cc1ccc(NCCC(C)C)c(CS(=O)c2ncc[nH]2)c1. The lowest BCUT2D eigenvalue weighted by molar-refractivity contribution is 0.607. The maximum Gasteiger partial charge on any atom is 0.196 e. The second-order valence-corrected chi connectivity index (χ2v) is 7.02. The van der Waals surface area contributed by atoms with Gasteiger partial charge in [0.15, 0.2) is 5.16 Å². The highest BCUT2D eigenvalue weighted by Gasteiger charge is 2.11. The van der Waals surface area contributed by atoms with Gasteiger partial charge >= 0.3 is 0 Å². The number of rotatable bonds is 7. The number of hydrogen-bond acceptors (Lipinski definition) is 3. The molecule has 2 aromatic rings. The molecule has 1 heterocycles. The van der Waals surface area contributed by atoms with Gasteiger partial charge in [0.25, 0.3) is 0 Å². The van der Waals surface area contributed by atoms with Crippen LogP contribution in [0.3, 0.4) is 0 Å². The molecule has 0 saturated carbocycles. The lowest BCUT2D eigenvalue weighted by Crippen LogP contribution is -2.08. The fourth-order valence-electron chi connectivity index (χ4n) is 2.09. The Balaban J connectivity index is 2.09. The van der Waals surface area contributed by atoms with Crippen molar-refractivity contribution < 1.29 is 4.21 Å². The predicted molar refractivity (Wildman–Crippen MR) is 87.8 cm³/mol. The molecule has 0 amide bonds. The van der Waals surface area contributed by atoms with Crippen molar-refractivity contribution in [3.8, 4) is 0 Å². The summed E-state index contributed by atoms with van der Waals surface area (Å²) in [6.45, 7) is 7.41. The van der Waals surface area contributed by atoms with Crippen LogP contribution < -0.4 is 5.32 Å². The molecule has 4 nitrogen and oxygen atoms in total. The Morgan fingerprint density at radius 3 is 2.86 bits per heavy atom. The number of benzene rings is 1. The third kappa shape index (κ3) is 4.70. The van der Waals surface area contributed by atoms with E-state index in [4.69, 9.17) is 0 Å². The van der Waals surface area contributed by atoms with E-state index in [0.29, 0.717) is 16.8 Å². The van der Waals surface area contributed by atoms with Crippen LogP contribution in [-0.2, 0) is 16.6 Å². The Hall–Kier alpha value is -1.62. The number of hydrogen-bond donors (Lipinski definition) is 2. The molecule has 5 heteroatoms. The van der Waals surface area contributed by atoms with Crippen LogP contribution in [0.4, 0.5) is 5.69 Å². The van der Waals surface area contributed by atoms with E-state index in [0.717, 1.165) is 24.2 Å². The number of nitrogens with one attached hydrogen (secondary N) is 2. The topological polar surface area (TPSA) is 57.8 Å². The zero-order chi connectivity index (χ0) is 15.2. The van der Waals surface area contributed by atoms with Crippen molar-refractivity contribution in [3.05, 3.63) is 41.7 Å². The Labute approximate surface area is 128 Å². The van der Waals surface area contributed by atoms with Crippen molar-refractivity contribution in [1.82, 2.24) is 9.97 Å². The van der Waals surface area contributed by atoms with Crippen LogP contribution in [0.25, 0.3) is 0 Å². The zero-order valence-electron chi connectivity index (χ0n) is 12.8. The molecule has 0 bridgehead atoms. The second-order valence-electron chi connectivity index (χ2n) is 5.65. The summed E-state index contributed by atoms with van der Waals surface area (Å²) in [5, 5.41) is 3.99. The summed E-state index contributed by atoms with van der Waals surface area (Å²) in [5.74, 6) is 1.14. The van der Waals surface area contributed by atoms with Crippen molar-refractivity contribution in [3.63, 3.8) is 0 Å². The van der Waals surface area contributed by atoms with Crippen molar-refractivity contribution in [2.45, 2.75) is 38.1 Å². The zero-order valence-corrected chi connectivity index (χ0v) is 13.7. The summed E-state index contributed by atoms with van der Waals surface area (Å²) in [4.78, 5) is 6.99. The molecule has 0 fully saturated rings. The fourth-order valence-corrected chi connectivity index (χ4v) is 3.13. The maximum absolute atomic E-state index is 12.3.